The van der Waals surface area contributed by atoms with Gasteiger partial charge < -0.3 is 14.9 Å². The van der Waals surface area contributed by atoms with E-state index in [1.165, 1.54) is 23.4 Å². The van der Waals surface area contributed by atoms with Gasteiger partial charge in [-0.05, 0) is 48.8 Å². The van der Waals surface area contributed by atoms with Crippen molar-refractivity contribution in [1.29, 1.82) is 0 Å². The Bertz CT molecular complexity index is 900. The number of nitrogens with zero attached hydrogens (tertiary/aromatic N) is 4. The highest BCUT2D eigenvalue weighted by atomic mass is 19.4. The molecule has 0 saturated carbocycles. The molecule has 1 aromatic carbocycles. The molecule has 6 nitrogen and oxygen atoms in total. The molecule has 0 unspecified atom stereocenters. The number of benzene rings is 1. The molecule has 2 fully saturated rings. The van der Waals surface area contributed by atoms with Gasteiger partial charge in [-0.3, -0.25) is 0 Å². The summed E-state index contributed by atoms with van der Waals surface area (Å²) in [6, 6.07) is 4.66. The zero-order valence-electron chi connectivity index (χ0n) is 16.0. The average molecular weight is 408 g/mol. The zero-order valence-corrected chi connectivity index (χ0v) is 16.0. The minimum Gasteiger partial charge on any atom is -0.465 e. The molecule has 1 N–H and O–H groups in total. The molecular formula is C20H23F3N4O2. The van der Waals surface area contributed by atoms with Gasteiger partial charge in [-0.1, -0.05) is 6.07 Å². The molecule has 1 aromatic heterocycles. The first-order valence-electron chi connectivity index (χ1n) is 9.78. The van der Waals surface area contributed by atoms with E-state index < -0.39 is 18.7 Å². The van der Waals surface area contributed by atoms with Crippen molar-refractivity contribution in [3.05, 3.63) is 30.1 Å². The standard InChI is InChI=1S/C20H23F3N4O2/c21-20(22,23)12-14-1-2-15-16(11-14)24-13-25-17(15)26-7-3-19(4-8-26)5-9-27(10-6-19)18(28)29/h1-2,11,13H,3-10,12H2,(H,28,29). The fraction of sp³-hybridized carbons (Fsp3) is 0.550. The second kappa shape index (κ2) is 7.35. The smallest absolute Gasteiger partial charge is 0.407 e. The van der Waals surface area contributed by atoms with Crippen molar-refractivity contribution in [2.45, 2.75) is 38.3 Å². The second-order valence-corrected chi connectivity index (χ2v) is 8.10. The maximum atomic E-state index is 12.7. The van der Waals surface area contributed by atoms with Crippen LogP contribution in [0.5, 0.6) is 0 Å². The fourth-order valence-corrected chi connectivity index (χ4v) is 4.55. The molecule has 1 spiro atoms. The van der Waals surface area contributed by atoms with Crippen LogP contribution >= 0.6 is 0 Å². The summed E-state index contributed by atoms with van der Waals surface area (Å²) in [5.41, 5.74) is 0.884. The van der Waals surface area contributed by atoms with Crippen molar-refractivity contribution in [2.75, 3.05) is 31.1 Å². The van der Waals surface area contributed by atoms with E-state index in [0.29, 0.717) is 18.6 Å². The molecule has 1 amide bonds. The Labute approximate surface area is 166 Å². The van der Waals surface area contributed by atoms with Crippen LogP contribution in [0.1, 0.15) is 31.2 Å². The van der Waals surface area contributed by atoms with Gasteiger partial charge in [0.15, 0.2) is 0 Å². The van der Waals surface area contributed by atoms with Crippen LogP contribution < -0.4 is 4.90 Å². The molecule has 0 atom stereocenters. The lowest BCUT2D eigenvalue weighted by molar-refractivity contribution is -0.127. The van der Waals surface area contributed by atoms with Gasteiger partial charge in [0.2, 0.25) is 0 Å². The van der Waals surface area contributed by atoms with Crippen molar-refractivity contribution in [3.8, 4) is 0 Å². The minimum absolute atomic E-state index is 0.172. The van der Waals surface area contributed by atoms with E-state index in [2.05, 4.69) is 14.9 Å². The predicted molar refractivity (Wildman–Crippen MR) is 102 cm³/mol. The van der Waals surface area contributed by atoms with Crippen molar-refractivity contribution in [3.63, 3.8) is 0 Å². The van der Waals surface area contributed by atoms with E-state index in [0.717, 1.165) is 50.0 Å². The number of amides is 1. The molecule has 0 bridgehead atoms. The number of alkyl halides is 3. The molecule has 2 aromatic rings. The maximum Gasteiger partial charge on any atom is 0.407 e. The molecule has 3 heterocycles. The number of carbonyl (C=O) groups is 1. The van der Waals surface area contributed by atoms with Gasteiger partial charge in [0.05, 0.1) is 11.9 Å². The minimum atomic E-state index is -4.25. The first kappa shape index (κ1) is 19.7. The monoisotopic (exact) mass is 408 g/mol. The first-order valence-corrected chi connectivity index (χ1v) is 9.78. The molecule has 4 rings (SSSR count). The number of piperidine rings is 2. The summed E-state index contributed by atoms with van der Waals surface area (Å²) in [4.78, 5) is 23.4. The number of halogens is 3. The number of rotatable bonds is 2. The molecule has 9 heteroatoms. The molecule has 156 valence electrons. The van der Waals surface area contributed by atoms with Gasteiger partial charge in [-0.2, -0.15) is 13.2 Å². The Kier molecular flexibility index (Phi) is 5.00. The number of anilines is 1. The lowest BCUT2D eigenvalue weighted by Gasteiger charge is -2.46. The first-order chi connectivity index (χ1) is 13.7. The Morgan fingerprint density at radius 2 is 1.72 bits per heavy atom. The highest BCUT2D eigenvalue weighted by Gasteiger charge is 2.39. The summed E-state index contributed by atoms with van der Waals surface area (Å²) in [5.74, 6) is 0.756. The number of carboxylic acid groups (broad SMARTS) is 1. The summed E-state index contributed by atoms with van der Waals surface area (Å²) < 4.78 is 38.0. The van der Waals surface area contributed by atoms with Crippen LogP contribution in [-0.4, -0.2) is 58.4 Å². The molecule has 2 aliphatic heterocycles. The Morgan fingerprint density at radius 3 is 2.34 bits per heavy atom. The molecule has 0 aliphatic carbocycles. The van der Waals surface area contributed by atoms with Gasteiger partial charge in [0, 0.05) is 31.6 Å². The summed E-state index contributed by atoms with van der Waals surface area (Å²) in [7, 11) is 0. The lowest BCUT2D eigenvalue weighted by atomic mass is 9.71. The van der Waals surface area contributed by atoms with Crippen LogP contribution in [0.4, 0.5) is 23.8 Å². The van der Waals surface area contributed by atoms with Gasteiger partial charge in [0.25, 0.3) is 0 Å². The Hall–Kier alpha value is -2.58. The third-order valence-electron chi connectivity index (χ3n) is 6.30. The topological polar surface area (TPSA) is 69.6 Å². The largest absolute Gasteiger partial charge is 0.465 e. The van der Waals surface area contributed by atoms with Crippen LogP contribution in [-0.2, 0) is 6.42 Å². The number of fused-ring (bicyclic) bond motifs is 1. The van der Waals surface area contributed by atoms with Crippen molar-refractivity contribution < 1.29 is 23.1 Å². The summed E-state index contributed by atoms with van der Waals surface area (Å²) in [5, 5.41) is 9.90. The van der Waals surface area contributed by atoms with Crippen LogP contribution in [0, 0.1) is 5.41 Å². The van der Waals surface area contributed by atoms with E-state index in [9.17, 15) is 18.0 Å². The van der Waals surface area contributed by atoms with Crippen molar-refractivity contribution in [2.24, 2.45) is 5.41 Å². The highest BCUT2D eigenvalue weighted by molar-refractivity contribution is 5.89. The van der Waals surface area contributed by atoms with E-state index in [-0.39, 0.29) is 11.0 Å². The van der Waals surface area contributed by atoms with Crippen LogP contribution in [0.2, 0.25) is 0 Å². The van der Waals surface area contributed by atoms with E-state index in [1.807, 2.05) is 0 Å². The average Bonchev–Trinajstić information content (AvgIpc) is 2.67. The van der Waals surface area contributed by atoms with Gasteiger partial charge in [-0.15, -0.1) is 0 Å². The molecule has 2 saturated heterocycles. The molecule has 0 radical (unpaired) electrons. The Morgan fingerprint density at radius 1 is 1.07 bits per heavy atom. The summed E-state index contributed by atoms with van der Waals surface area (Å²) in [6.07, 6.45) is -1.00. The SMILES string of the molecule is O=C(O)N1CCC2(CC1)CCN(c1ncnc3cc(CC(F)(F)F)ccc13)CC2. The fourth-order valence-electron chi connectivity index (χ4n) is 4.55. The second-order valence-electron chi connectivity index (χ2n) is 8.10. The third kappa shape index (κ3) is 4.23. The molecule has 2 aliphatic rings. The Balaban J connectivity index is 1.48. The molecular weight excluding hydrogens is 385 g/mol. The third-order valence-corrected chi connectivity index (χ3v) is 6.30. The normalized spacial score (nSPS) is 19.7. The van der Waals surface area contributed by atoms with Gasteiger partial charge >= 0.3 is 12.3 Å². The van der Waals surface area contributed by atoms with E-state index in [1.54, 1.807) is 6.07 Å². The van der Waals surface area contributed by atoms with Crippen LogP contribution in [0.25, 0.3) is 10.9 Å². The number of hydrogen-bond acceptors (Lipinski definition) is 4. The van der Waals surface area contributed by atoms with Crippen molar-refractivity contribution >= 4 is 22.8 Å². The summed E-state index contributed by atoms with van der Waals surface area (Å²) >= 11 is 0. The maximum absolute atomic E-state index is 12.7. The lowest BCUT2D eigenvalue weighted by Crippen LogP contribution is -2.48. The van der Waals surface area contributed by atoms with Crippen molar-refractivity contribution in [1.82, 2.24) is 14.9 Å². The van der Waals surface area contributed by atoms with E-state index in [4.69, 9.17) is 5.11 Å². The number of aromatic nitrogens is 2. The zero-order chi connectivity index (χ0) is 20.6. The van der Waals surface area contributed by atoms with E-state index >= 15 is 0 Å². The quantitative estimate of drug-likeness (QED) is 0.811. The number of likely N-dealkylation sites (tertiary alicyclic amines) is 1. The molecule has 29 heavy (non-hydrogen) atoms. The predicted octanol–water partition coefficient (Wildman–Crippen LogP) is 4.10. The van der Waals surface area contributed by atoms with Crippen LogP contribution in [0.15, 0.2) is 24.5 Å². The van der Waals surface area contributed by atoms with Crippen LogP contribution in [0.3, 0.4) is 0 Å². The highest BCUT2D eigenvalue weighted by Crippen LogP contribution is 2.42. The van der Waals surface area contributed by atoms with Gasteiger partial charge in [0.1, 0.15) is 12.1 Å². The summed E-state index contributed by atoms with van der Waals surface area (Å²) in [6.45, 7) is 2.74. The number of hydrogen-bond donors (Lipinski definition) is 1. The van der Waals surface area contributed by atoms with Gasteiger partial charge in [-0.25, -0.2) is 14.8 Å².